The summed E-state index contributed by atoms with van der Waals surface area (Å²) >= 11 is 0. The van der Waals surface area contributed by atoms with E-state index in [-0.39, 0.29) is 10.8 Å². The van der Waals surface area contributed by atoms with Gasteiger partial charge in [-0.1, -0.05) is 25.1 Å². The number of hydrogen-bond donors (Lipinski definition) is 3. The summed E-state index contributed by atoms with van der Waals surface area (Å²) in [6, 6.07) is 11.6. The van der Waals surface area contributed by atoms with Crippen LogP contribution in [0.4, 0.5) is 10.5 Å². The van der Waals surface area contributed by atoms with E-state index in [1.165, 1.54) is 18.2 Å². The molecule has 0 bridgehead atoms. The molecule has 0 spiro atoms. The molecule has 0 aliphatic rings. The Morgan fingerprint density at radius 3 is 2.46 bits per heavy atom. The molecular weight excluding hydrogens is 354 g/mol. The van der Waals surface area contributed by atoms with Crippen molar-refractivity contribution in [3.05, 3.63) is 59.7 Å². The van der Waals surface area contributed by atoms with Gasteiger partial charge >= 0.3 is 6.03 Å². The topological polar surface area (TPSA) is 104 Å². The number of urea groups is 1. The van der Waals surface area contributed by atoms with E-state index in [9.17, 15) is 18.0 Å². The Balaban J connectivity index is 2.07. The fourth-order valence-electron chi connectivity index (χ4n) is 2.20. The van der Waals surface area contributed by atoms with Crippen LogP contribution in [0.25, 0.3) is 0 Å². The van der Waals surface area contributed by atoms with Gasteiger partial charge < -0.3 is 10.6 Å². The molecule has 0 saturated heterocycles. The van der Waals surface area contributed by atoms with Crippen molar-refractivity contribution in [1.29, 1.82) is 0 Å². The first-order chi connectivity index (χ1) is 12.3. The van der Waals surface area contributed by atoms with Gasteiger partial charge in [-0.15, -0.1) is 0 Å². The number of nitrogens with one attached hydrogen (secondary N) is 3. The second-order valence-electron chi connectivity index (χ2n) is 5.71. The first-order valence-corrected chi connectivity index (χ1v) is 9.59. The van der Waals surface area contributed by atoms with Crippen LogP contribution in [0.15, 0.2) is 53.4 Å². The van der Waals surface area contributed by atoms with E-state index < -0.39 is 16.1 Å². The molecule has 0 heterocycles. The molecule has 2 aromatic rings. The Bertz CT molecular complexity index is 910. The Labute approximate surface area is 152 Å². The van der Waals surface area contributed by atoms with Gasteiger partial charge in [-0.05, 0) is 49.2 Å². The molecule has 0 aliphatic carbocycles. The smallest absolute Gasteiger partial charge is 0.333 e. The van der Waals surface area contributed by atoms with E-state index in [4.69, 9.17) is 0 Å². The molecule has 2 aromatic carbocycles. The van der Waals surface area contributed by atoms with Crippen LogP contribution >= 0.6 is 0 Å². The maximum absolute atomic E-state index is 12.2. The lowest BCUT2D eigenvalue weighted by Gasteiger charge is -2.10. The number of sulfonamides is 1. The van der Waals surface area contributed by atoms with Gasteiger partial charge in [0.25, 0.3) is 15.9 Å². The second-order valence-corrected chi connectivity index (χ2v) is 7.40. The highest BCUT2D eigenvalue weighted by Gasteiger charge is 2.18. The molecule has 0 atom stereocenters. The van der Waals surface area contributed by atoms with E-state index in [2.05, 4.69) is 10.6 Å². The van der Waals surface area contributed by atoms with Crippen LogP contribution in [0.5, 0.6) is 0 Å². The predicted octanol–water partition coefficient (Wildman–Crippen LogP) is 2.65. The van der Waals surface area contributed by atoms with Crippen LogP contribution in [-0.2, 0) is 10.0 Å². The van der Waals surface area contributed by atoms with Gasteiger partial charge in [0.2, 0.25) is 0 Å². The van der Waals surface area contributed by atoms with Crippen molar-refractivity contribution in [2.24, 2.45) is 0 Å². The van der Waals surface area contributed by atoms with Gasteiger partial charge in [0.15, 0.2) is 0 Å². The molecule has 138 valence electrons. The Morgan fingerprint density at radius 2 is 1.77 bits per heavy atom. The minimum Gasteiger partial charge on any atom is -0.352 e. The molecule has 0 fully saturated rings. The van der Waals surface area contributed by atoms with Crippen molar-refractivity contribution in [1.82, 2.24) is 10.0 Å². The van der Waals surface area contributed by atoms with Gasteiger partial charge in [-0.2, -0.15) is 0 Å². The van der Waals surface area contributed by atoms with E-state index in [0.29, 0.717) is 17.8 Å². The molecule has 2 rings (SSSR count). The minimum absolute atomic E-state index is 0.000319. The largest absolute Gasteiger partial charge is 0.352 e. The number of benzene rings is 2. The van der Waals surface area contributed by atoms with E-state index in [1.807, 2.05) is 11.6 Å². The molecular formula is C18H21N3O4S. The van der Waals surface area contributed by atoms with Gasteiger partial charge in [-0.3, -0.25) is 4.79 Å². The van der Waals surface area contributed by atoms with Crippen LogP contribution in [0.3, 0.4) is 0 Å². The van der Waals surface area contributed by atoms with Crippen molar-refractivity contribution in [2.45, 2.75) is 25.2 Å². The molecule has 3 N–H and O–H groups in total. The second kappa shape index (κ2) is 8.48. The third-order valence-electron chi connectivity index (χ3n) is 3.45. The van der Waals surface area contributed by atoms with E-state index in [1.54, 1.807) is 37.3 Å². The monoisotopic (exact) mass is 375 g/mol. The summed E-state index contributed by atoms with van der Waals surface area (Å²) in [5.41, 5.74) is 1.45. The molecule has 0 aliphatic heterocycles. The molecule has 3 amide bonds. The van der Waals surface area contributed by atoms with Crippen LogP contribution in [0.1, 0.15) is 29.3 Å². The lowest BCUT2D eigenvalue weighted by atomic mass is 10.2. The van der Waals surface area contributed by atoms with Crippen LogP contribution in [0.2, 0.25) is 0 Å². The number of aryl methyl sites for hydroxylation is 1. The van der Waals surface area contributed by atoms with E-state index >= 15 is 0 Å². The summed E-state index contributed by atoms with van der Waals surface area (Å²) in [5, 5.41) is 5.16. The summed E-state index contributed by atoms with van der Waals surface area (Å²) < 4.78 is 26.4. The summed E-state index contributed by atoms with van der Waals surface area (Å²) in [4.78, 5) is 24.0. The summed E-state index contributed by atoms with van der Waals surface area (Å²) in [6.45, 7) is 4.25. The molecule has 0 saturated carbocycles. The summed E-state index contributed by atoms with van der Waals surface area (Å²) in [6.07, 6.45) is 0.808. The van der Waals surface area contributed by atoms with Gasteiger partial charge in [-0.25, -0.2) is 17.9 Å². The minimum atomic E-state index is -3.98. The average molecular weight is 375 g/mol. The maximum atomic E-state index is 12.2. The first kappa shape index (κ1) is 19.5. The van der Waals surface area contributed by atoms with Gasteiger partial charge in [0, 0.05) is 17.8 Å². The zero-order valence-electron chi connectivity index (χ0n) is 14.6. The zero-order chi connectivity index (χ0) is 19.2. The number of hydrogen-bond acceptors (Lipinski definition) is 4. The summed E-state index contributed by atoms with van der Waals surface area (Å²) in [5.74, 6) is -0.261. The average Bonchev–Trinajstić information content (AvgIpc) is 2.59. The Morgan fingerprint density at radius 1 is 1.04 bits per heavy atom. The molecule has 0 aromatic heterocycles. The zero-order valence-corrected chi connectivity index (χ0v) is 15.4. The van der Waals surface area contributed by atoms with Crippen molar-refractivity contribution in [3.63, 3.8) is 0 Å². The normalized spacial score (nSPS) is 10.8. The third kappa shape index (κ3) is 5.32. The van der Waals surface area contributed by atoms with Crippen molar-refractivity contribution in [3.8, 4) is 0 Å². The third-order valence-corrected chi connectivity index (χ3v) is 4.77. The van der Waals surface area contributed by atoms with Crippen molar-refractivity contribution in [2.75, 3.05) is 11.9 Å². The fraction of sp³-hybridized carbons (Fsp3) is 0.222. The fourth-order valence-corrected chi connectivity index (χ4v) is 3.21. The van der Waals surface area contributed by atoms with E-state index in [0.717, 1.165) is 12.0 Å². The maximum Gasteiger partial charge on any atom is 0.333 e. The highest BCUT2D eigenvalue weighted by molar-refractivity contribution is 7.90. The number of carbonyl (C=O) groups excluding carboxylic acids is 2. The number of rotatable bonds is 6. The quantitative estimate of drug-likeness (QED) is 0.722. The number of anilines is 1. The molecule has 0 unspecified atom stereocenters. The molecule has 7 nitrogen and oxygen atoms in total. The van der Waals surface area contributed by atoms with Crippen LogP contribution in [-0.4, -0.2) is 26.9 Å². The van der Waals surface area contributed by atoms with Crippen molar-refractivity contribution < 1.29 is 18.0 Å². The molecule has 8 heteroatoms. The first-order valence-electron chi connectivity index (χ1n) is 8.10. The highest BCUT2D eigenvalue weighted by atomic mass is 32.2. The lowest BCUT2D eigenvalue weighted by molar-refractivity contribution is 0.0953. The highest BCUT2D eigenvalue weighted by Crippen LogP contribution is 2.13. The SMILES string of the molecule is CCCNC(=O)c1cccc(NC(=O)NS(=O)(=O)c2cccc(C)c2)c1. The number of carbonyl (C=O) groups is 2. The Hall–Kier alpha value is -2.87. The molecule has 26 heavy (non-hydrogen) atoms. The summed E-state index contributed by atoms with van der Waals surface area (Å²) in [7, 11) is -3.98. The van der Waals surface area contributed by atoms with Crippen molar-refractivity contribution >= 4 is 27.6 Å². The Kier molecular flexibility index (Phi) is 6.35. The van der Waals surface area contributed by atoms with Gasteiger partial charge in [0.05, 0.1) is 4.90 Å². The number of amides is 3. The molecule has 0 radical (unpaired) electrons. The standard InChI is InChI=1S/C18H21N3O4S/c1-3-10-19-17(22)14-7-5-8-15(12-14)20-18(23)21-26(24,25)16-9-4-6-13(2)11-16/h4-9,11-12H,3,10H2,1-2H3,(H,19,22)(H2,20,21,23). The van der Waals surface area contributed by atoms with Gasteiger partial charge in [0.1, 0.15) is 0 Å². The lowest BCUT2D eigenvalue weighted by Crippen LogP contribution is -2.34. The van der Waals surface area contributed by atoms with Crippen LogP contribution in [0, 0.1) is 6.92 Å². The predicted molar refractivity (Wildman–Crippen MR) is 99.6 cm³/mol. The van der Waals surface area contributed by atoms with Crippen LogP contribution < -0.4 is 15.4 Å².